The van der Waals surface area contributed by atoms with Crippen LogP contribution in [0.4, 0.5) is 0 Å². The van der Waals surface area contributed by atoms with Gasteiger partial charge in [0.15, 0.2) is 0 Å². The zero-order valence-corrected chi connectivity index (χ0v) is 9.13. The Morgan fingerprint density at radius 1 is 1.00 bits per heavy atom. The van der Waals surface area contributed by atoms with Crippen molar-refractivity contribution in [3.05, 3.63) is 54.8 Å². The van der Waals surface area contributed by atoms with E-state index in [1.165, 1.54) is 30.4 Å². The van der Waals surface area contributed by atoms with Crippen molar-refractivity contribution >= 4 is 16.4 Å². The Hall–Kier alpha value is -1.88. The molecule has 0 saturated heterocycles. The predicted molar refractivity (Wildman–Crippen MR) is 59.1 cm³/mol. The van der Waals surface area contributed by atoms with Gasteiger partial charge in [-0.2, -0.15) is 8.42 Å². The van der Waals surface area contributed by atoms with Gasteiger partial charge in [0.2, 0.25) is 0 Å². The molecule has 1 rings (SSSR count). The van der Waals surface area contributed by atoms with E-state index in [9.17, 15) is 13.2 Å². The fourth-order valence-corrected chi connectivity index (χ4v) is 1.71. The van der Waals surface area contributed by atoms with E-state index < -0.39 is 10.1 Å². The number of aldehydes is 1. The van der Waals surface area contributed by atoms with Gasteiger partial charge in [0.1, 0.15) is 17.4 Å². The third-order valence-corrected chi connectivity index (χ3v) is 2.81. The average molecular weight is 238 g/mol. The zero-order valence-electron chi connectivity index (χ0n) is 8.31. The Morgan fingerprint density at radius 3 is 2.31 bits per heavy atom. The van der Waals surface area contributed by atoms with Gasteiger partial charge in [0, 0.05) is 0 Å². The molecular formula is C11H10O4S. The third kappa shape index (κ3) is 3.70. The first-order chi connectivity index (χ1) is 7.67. The first-order valence-corrected chi connectivity index (χ1v) is 5.83. The molecule has 0 N–H and O–H groups in total. The topological polar surface area (TPSA) is 60.4 Å². The van der Waals surface area contributed by atoms with E-state index >= 15 is 0 Å². The molecule has 5 heteroatoms. The van der Waals surface area contributed by atoms with Gasteiger partial charge in [-0.1, -0.05) is 24.3 Å². The number of allylic oxidation sites excluding steroid dienone is 3. The molecule has 16 heavy (non-hydrogen) atoms. The summed E-state index contributed by atoms with van der Waals surface area (Å²) in [4.78, 5) is 9.99. The van der Waals surface area contributed by atoms with Gasteiger partial charge in [0.05, 0.1) is 0 Å². The van der Waals surface area contributed by atoms with Gasteiger partial charge in [-0.3, -0.25) is 4.79 Å². The second kappa shape index (κ2) is 5.87. The Balaban J connectivity index is 2.70. The minimum atomic E-state index is -3.76. The fourth-order valence-electron chi connectivity index (χ4n) is 0.903. The molecule has 1 aromatic rings. The van der Waals surface area contributed by atoms with E-state index in [0.29, 0.717) is 6.29 Å². The van der Waals surface area contributed by atoms with Gasteiger partial charge in [-0.05, 0) is 24.3 Å². The van der Waals surface area contributed by atoms with E-state index in [4.69, 9.17) is 0 Å². The van der Waals surface area contributed by atoms with Crippen molar-refractivity contribution in [1.82, 2.24) is 0 Å². The molecule has 4 nitrogen and oxygen atoms in total. The molecule has 0 aromatic heterocycles. The number of hydrogen-bond acceptors (Lipinski definition) is 4. The number of carbonyl (C=O) groups excluding carboxylic acids is 1. The van der Waals surface area contributed by atoms with Gasteiger partial charge in [-0.25, -0.2) is 0 Å². The van der Waals surface area contributed by atoms with Crippen LogP contribution in [0.3, 0.4) is 0 Å². The van der Waals surface area contributed by atoms with Crippen molar-refractivity contribution in [2.45, 2.75) is 4.90 Å². The Kier molecular flexibility index (Phi) is 4.47. The molecule has 0 unspecified atom stereocenters. The predicted octanol–water partition coefficient (Wildman–Crippen LogP) is 1.66. The van der Waals surface area contributed by atoms with Crippen molar-refractivity contribution < 1.29 is 17.4 Å². The van der Waals surface area contributed by atoms with Crippen LogP contribution < -0.4 is 0 Å². The highest BCUT2D eigenvalue weighted by Gasteiger charge is 2.12. The lowest BCUT2D eigenvalue weighted by Crippen LogP contribution is -2.01. The van der Waals surface area contributed by atoms with Crippen LogP contribution in [0.25, 0.3) is 0 Å². The van der Waals surface area contributed by atoms with E-state index in [0.717, 1.165) is 6.26 Å². The van der Waals surface area contributed by atoms with Gasteiger partial charge in [0.25, 0.3) is 0 Å². The number of benzene rings is 1. The summed E-state index contributed by atoms with van der Waals surface area (Å²) in [6.45, 7) is 0. The van der Waals surface area contributed by atoms with Crippen molar-refractivity contribution in [2.75, 3.05) is 0 Å². The van der Waals surface area contributed by atoms with Crippen molar-refractivity contribution in [3.8, 4) is 0 Å². The van der Waals surface area contributed by atoms with Crippen LogP contribution >= 0.6 is 0 Å². The van der Waals surface area contributed by atoms with E-state index in [-0.39, 0.29) is 4.90 Å². The maximum Gasteiger partial charge on any atom is 0.338 e. The summed E-state index contributed by atoms with van der Waals surface area (Å²) in [5, 5.41) is 0. The summed E-state index contributed by atoms with van der Waals surface area (Å²) >= 11 is 0. The SMILES string of the molecule is O=C/C=C\C=C\OS(=O)(=O)c1ccccc1. The molecule has 0 saturated carbocycles. The average Bonchev–Trinajstić information content (AvgIpc) is 2.30. The number of rotatable bonds is 5. The first-order valence-electron chi connectivity index (χ1n) is 4.42. The molecule has 0 radical (unpaired) electrons. The van der Waals surface area contributed by atoms with E-state index in [1.807, 2.05) is 0 Å². The second-order valence-corrected chi connectivity index (χ2v) is 4.29. The zero-order chi connectivity index (χ0) is 11.9. The molecule has 0 bridgehead atoms. The standard InChI is InChI=1S/C11H10O4S/c12-9-5-2-6-10-15-16(13,14)11-7-3-1-4-8-11/h1-10H/b5-2-,10-6+. The van der Waals surface area contributed by atoms with Crippen molar-refractivity contribution in [2.24, 2.45) is 0 Å². The quantitative estimate of drug-likeness (QED) is 0.257. The molecule has 0 fully saturated rings. The largest absolute Gasteiger partial charge is 0.387 e. The van der Waals surface area contributed by atoms with Crippen LogP contribution in [-0.4, -0.2) is 14.7 Å². The highest BCUT2D eigenvalue weighted by atomic mass is 32.2. The summed E-state index contributed by atoms with van der Waals surface area (Å²) in [5.74, 6) is 0. The molecule has 0 heterocycles. The Morgan fingerprint density at radius 2 is 1.69 bits per heavy atom. The van der Waals surface area contributed by atoms with Crippen LogP contribution in [0, 0.1) is 0 Å². The molecule has 1 aromatic carbocycles. The summed E-state index contributed by atoms with van der Waals surface area (Å²) in [5.41, 5.74) is 0. The Bertz CT molecular complexity index is 486. The molecule has 0 aliphatic rings. The number of hydrogen-bond donors (Lipinski definition) is 0. The van der Waals surface area contributed by atoms with Crippen LogP contribution in [0.15, 0.2) is 59.7 Å². The minimum Gasteiger partial charge on any atom is -0.387 e. The van der Waals surface area contributed by atoms with Crippen LogP contribution in [0.2, 0.25) is 0 Å². The lowest BCUT2D eigenvalue weighted by atomic mass is 10.4. The molecule has 0 spiro atoms. The second-order valence-electron chi connectivity index (χ2n) is 2.71. The van der Waals surface area contributed by atoms with Crippen LogP contribution in [-0.2, 0) is 19.1 Å². The highest BCUT2D eigenvalue weighted by molar-refractivity contribution is 7.86. The maximum absolute atomic E-state index is 11.5. The smallest absolute Gasteiger partial charge is 0.338 e. The van der Waals surface area contributed by atoms with Crippen LogP contribution in [0.5, 0.6) is 0 Å². The first kappa shape index (κ1) is 12.2. The third-order valence-electron chi connectivity index (χ3n) is 1.59. The summed E-state index contributed by atoms with van der Waals surface area (Å²) in [7, 11) is -3.76. The van der Waals surface area contributed by atoms with Gasteiger partial charge in [-0.15, -0.1) is 0 Å². The highest BCUT2D eigenvalue weighted by Crippen LogP contribution is 2.11. The Labute approximate surface area is 94.0 Å². The minimum absolute atomic E-state index is 0.0824. The molecule has 0 atom stereocenters. The van der Waals surface area contributed by atoms with Crippen molar-refractivity contribution in [3.63, 3.8) is 0 Å². The molecule has 0 aliphatic heterocycles. The monoisotopic (exact) mass is 238 g/mol. The maximum atomic E-state index is 11.5. The normalized spacial score (nSPS) is 12.0. The summed E-state index contributed by atoms with van der Waals surface area (Å²) in [6.07, 6.45) is 5.48. The lowest BCUT2D eigenvalue weighted by molar-refractivity contribution is -0.104. The van der Waals surface area contributed by atoms with Gasteiger partial charge >= 0.3 is 10.1 Å². The summed E-state index contributed by atoms with van der Waals surface area (Å²) in [6, 6.07) is 7.79. The van der Waals surface area contributed by atoms with Crippen LogP contribution in [0.1, 0.15) is 0 Å². The molecule has 0 aliphatic carbocycles. The lowest BCUT2D eigenvalue weighted by Gasteiger charge is -2.01. The number of carbonyl (C=O) groups is 1. The van der Waals surface area contributed by atoms with E-state index in [1.54, 1.807) is 18.2 Å². The molecular weight excluding hydrogens is 228 g/mol. The van der Waals surface area contributed by atoms with Gasteiger partial charge < -0.3 is 4.18 Å². The van der Waals surface area contributed by atoms with Crippen molar-refractivity contribution in [1.29, 1.82) is 0 Å². The summed E-state index contributed by atoms with van der Waals surface area (Å²) < 4.78 is 27.6. The fraction of sp³-hybridized carbons (Fsp3) is 0. The molecule has 0 amide bonds. The molecule has 84 valence electrons. The van der Waals surface area contributed by atoms with E-state index in [2.05, 4.69) is 4.18 Å².